The van der Waals surface area contributed by atoms with Crippen molar-refractivity contribution in [3.8, 4) is 0 Å². The van der Waals surface area contributed by atoms with Gasteiger partial charge in [0.2, 0.25) is 0 Å². The number of likely N-dealkylation sites (N-methyl/N-ethyl adjacent to an activating group) is 1. The summed E-state index contributed by atoms with van der Waals surface area (Å²) in [5.41, 5.74) is 0.165. The SMILES string of the molecule is CC(OP(=O)(O)O)=C(C)C(=O)N(C)C. The zero-order valence-corrected chi connectivity index (χ0v) is 9.41. The molecule has 0 aromatic heterocycles. The molecule has 82 valence electrons. The molecule has 7 heteroatoms. The summed E-state index contributed by atoms with van der Waals surface area (Å²) in [5, 5.41) is 0. The lowest BCUT2D eigenvalue weighted by Gasteiger charge is -2.14. The van der Waals surface area contributed by atoms with Crippen LogP contribution in [0, 0.1) is 0 Å². The van der Waals surface area contributed by atoms with Crippen LogP contribution in [-0.4, -0.2) is 34.7 Å². The molecule has 0 saturated heterocycles. The van der Waals surface area contributed by atoms with Crippen molar-refractivity contribution in [3.05, 3.63) is 11.3 Å². The molecule has 14 heavy (non-hydrogen) atoms. The molecule has 2 N–H and O–H groups in total. The minimum Gasteiger partial charge on any atom is -0.409 e. The van der Waals surface area contributed by atoms with E-state index in [0.717, 1.165) is 0 Å². The Bertz CT molecular complexity index is 303. The molecule has 0 aliphatic carbocycles. The summed E-state index contributed by atoms with van der Waals surface area (Å²) in [7, 11) is -1.50. The highest BCUT2D eigenvalue weighted by atomic mass is 31.2. The van der Waals surface area contributed by atoms with Crippen LogP contribution in [0.25, 0.3) is 0 Å². The van der Waals surface area contributed by atoms with Gasteiger partial charge in [0.05, 0.1) is 5.57 Å². The Morgan fingerprint density at radius 2 is 1.71 bits per heavy atom. The van der Waals surface area contributed by atoms with Crippen LogP contribution in [-0.2, 0) is 13.9 Å². The minimum absolute atomic E-state index is 0.0722. The first-order valence-corrected chi connectivity index (χ1v) is 5.32. The van der Waals surface area contributed by atoms with Gasteiger partial charge in [-0.05, 0) is 13.8 Å². The van der Waals surface area contributed by atoms with Crippen molar-refractivity contribution < 1.29 is 23.7 Å². The summed E-state index contributed by atoms with van der Waals surface area (Å²) in [6.07, 6.45) is 0. The monoisotopic (exact) mass is 223 g/mol. The van der Waals surface area contributed by atoms with E-state index in [2.05, 4.69) is 4.52 Å². The zero-order valence-electron chi connectivity index (χ0n) is 8.51. The summed E-state index contributed by atoms with van der Waals surface area (Å²) >= 11 is 0. The first-order chi connectivity index (χ1) is 6.15. The fourth-order valence-corrected chi connectivity index (χ4v) is 1.23. The number of carbonyl (C=O) groups excluding carboxylic acids is 1. The highest BCUT2D eigenvalue weighted by Crippen LogP contribution is 2.39. The van der Waals surface area contributed by atoms with E-state index >= 15 is 0 Å². The number of hydrogen-bond donors (Lipinski definition) is 2. The van der Waals surface area contributed by atoms with E-state index in [4.69, 9.17) is 9.79 Å². The summed E-state index contributed by atoms with van der Waals surface area (Å²) in [6, 6.07) is 0. The molecule has 0 radical (unpaired) electrons. The molecule has 6 nitrogen and oxygen atoms in total. The summed E-state index contributed by atoms with van der Waals surface area (Å²) in [5.74, 6) is -0.423. The first kappa shape index (κ1) is 13.2. The smallest absolute Gasteiger partial charge is 0.409 e. The van der Waals surface area contributed by atoms with E-state index in [1.54, 1.807) is 0 Å². The number of phosphoric acid groups is 1. The first-order valence-electron chi connectivity index (χ1n) is 3.79. The lowest BCUT2D eigenvalue weighted by Crippen LogP contribution is -2.23. The molecule has 0 aliphatic heterocycles. The van der Waals surface area contributed by atoms with Crippen molar-refractivity contribution in [2.45, 2.75) is 13.8 Å². The molecule has 0 bridgehead atoms. The largest absolute Gasteiger partial charge is 0.524 e. The Morgan fingerprint density at radius 1 is 1.29 bits per heavy atom. The molecule has 0 spiro atoms. The maximum absolute atomic E-state index is 11.3. The van der Waals surface area contributed by atoms with Crippen LogP contribution in [0.5, 0.6) is 0 Å². The fraction of sp³-hybridized carbons (Fsp3) is 0.571. The van der Waals surface area contributed by atoms with Crippen LogP contribution in [0.4, 0.5) is 0 Å². The van der Waals surface area contributed by atoms with Crippen molar-refractivity contribution in [2.75, 3.05) is 14.1 Å². The number of amides is 1. The molecular weight excluding hydrogens is 209 g/mol. The Labute approximate surface area is 82.4 Å². The van der Waals surface area contributed by atoms with E-state index in [-0.39, 0.29) is 17.2 Å². The molecule has 0 aromatic carbocycles. The summed E-state index contributed by atoms with van der Waals surface area (Å²) < 4.78 is 14.7. The van der Waals surface area contributed by atoms with Gasteiger partial charge < -0.3 is 9.42 Å². The second-order valence-electron chi connectivity index (χ2n) is 2.96. The van der Waals surface area contributed by atoms with E-state index in [1.165, 1.54) is 32.8 Å². The average molecular weight is 223 g/mol. The molecule has 0 atom stereocenters. The Kier molecular flexibility index (Phi) is 4.32. The molecule has 1 amide bonds. The maximum Gasteiger partial charge on any atom is 0.524 e. The van der Waals surface area contributed by atoms with Crippen molar-refractivity contribution in [3.63, 3.8) is 0 Å². The normalized spacial score (nSPS) is 13.3. The van der Waals surface area contributed by atoms with Gasteiger partial charge in [0, 0.05) is 14.1 Å². The second-order valence-corrected chi connectivity index (χ2v) is 4.13. The van der Waals surface area contributed by atoms with Gasteiger partial charge in [-0.2, -0.15) is 0 Å². The lowest BCUT2D eigenvalue weighted by atomic mass is 10.2. The Hall–Kier alpha value is -0.840. The van der Waals surface area contributed by atoms with Gasteiger partial charge in [-0.25, -0.2) is 4.57 Å². The van der Waals surface area contributed by atoms with Crippen LogP contribution in [0.3, 0.4) is 0 Å². The highest BCUT2D eigenvalue weighted by molar-refractivity contribution is 7.46. The number of carbonyl (C=O) groups is 1. The van der Waals surface area contributed by atoms with Gasteiger partial charge in [-0.1, -0.05) is 0 Å². The van der Waals surface area contributed by atoms with Crippen molar-refractivity contribution in [1.29, 1.82) is 0 Å². The lowest BCUT2D eigenvalue weighted by molar-refractivity contribution is -0.124. The van der Waals surface area contributed by atoms with Crippen LogP contribution in [0.15, 0.2) is 11.3 Å². The Morgan fingerprint density at radius 3 is 2.00 bits per heavy atom. The van der Waals surface area contributed by atoms with Crippen molar-refractivity contribution in [2.24, 2.45) is 0 Å². The molecule has 0 fully saturated rings. The predicted molar refractivity (Wildman–Crippen MR) is 50.2 cm³/mol. The van der Waals surface area contributed by atoms with Crippen LogP contribution >= 0.6 is 7.82 Å². The van der Waals surface area contributed by atoms with E-state index < -0.39 is 7.82 Å². The summed E-state index contributed by atoms with van der Waals surface area (Å²) in [6.45, 7) is 2.77. The Balaban J connectivity index is 4.77. The standard InChI is InChI=1S/C7H14NO5P/c1-5(7(9)8(3)4)6(2)13-14(10,11)12/h1-4H3,(H2,10,11,12). The third-order valence-corrected chi connectivity index (χ3v) is 2.02. The third kappa shape index (κ3) is 4.41. The van der Waals surface area contributed by atoms with Gasteiger partial charge >= 0.3 is 7.82 Å². The molecule has 0 unspecified atom stereocenters. The predicted octanol–water partition coefficient (Wildman–Crippen LogP) is 0.478. The molecule has 0 aromatic rings. The highest BCUT2D eigenvalue weighted by Gasteiger charge is 2.19. The molecule has 0 rings (SSSR count). The van der Waals surface area contributed by atoms with E-state index in [9.17, 15) is 9.36 Å². The third-order valence-electron chi connectivity index (χ3n) is 1.51. The van der Waals surface area contributed by atoms with E-state index in [0.29, 0.717) is 0 Å². The molecule has 0 saturated carbocycles. The van der Waals surface area contributed by atoms with Crippen molar-refractivity contribution >= 4 is 13.7 Å². The number of phosphoric ester groups is 1. The molecule has 0 aliphatic rings. The topological polar surface area (TPSA) is 87.1 Å². The van der Waals surface area contributed by atoms with Gasteiger partial charge in [-0.15, -0.1) is 0 Å². The quantitative estimate of drug-likeness (QED) is 0.412. The number of nitrogens with zero attached hydrogens (tertiary/aromatic N) is 1. The fourth-order valence-electron chi connectivity index (χ4n) is 0.733. The van der Waals surface area contributed by atoms with Crippen LogP contribution < -0.4 is 0 Å². The van der Waals surface area contributed by atoms with Crippen LogP contribution in [0.2, 0.25) is 0 Å². The average Bonchev–Trinajstić information content (AvgIpc) is 1.98. The van der Waals surface area contributed by atoms with Gasteiger partial charge in [0.15, 0.2) is 0 Å². The van der Waals surface area contributed by atoms with E-state index in [1.807, 2.05) is 0 Å². The van der Waals surface area contributed by atoms with Gasteiger partial charge in [-0.3, -0.25) is 14.6 Å². The summed E-state index contributed by atoms with van der Waals surface area (Å²) in [4.78, 5) is 29.6. The minimum atomic E-state index is -4.57. The van der Waals surface area contributed by atoms with Crippen LogP contribution in [0.1, 0.15) is 13.8 Å². The van der Waals surface area contributed by atoms with Gasteiger partial charge in [0.1, 0.15) is 5.76 Å². The zero-order chi connectivity index (χ0) is 11.5. The molecular formula is C7H14NO5P. The van der Waals surface area contributed by atoms with Gasteiger partial charge in [0.25, 0.3) is 5.91 Å². The maximum atomic E-state index is 11.3. The molecule has 0 heterocycles. The number of allylic oxidation sites excluding steroid dienone is 1. The number of hydrogen-bond acceptors (Lipinski definition) is 3. The van der Waals surface area contributed by atoms with Crippen molar-refractivity contribution in [1.82, 2.24) is 4.90 Å². The number of rotatable bonds is 3. The second kappa shape index (κ2) is 4.59.